The molecule has 1 heterocycles. The molecule has 0 spiro atoms. The Labute approximate surface area is 125 Å². The molecule has 0 radical (unpaired) electrons. The number of hydrogen-bond donors (Lipinski definition) is 2. The van der Waals surface area contributed by atoms with Gasteiger partial charge in [0.05, 0.1) is 0 Å². The fourth-order valence-electron chi connectivity index (χ4n) is 2.98. The maximum absolute atomic E-state index is 11.5. The van der Waals surface area contributed by atoms with Gasteiger partial charge in [0.15, 0.2) is 0 Å². The first kappa shape index (κ1) is 15.5. The lowest BCUT2D eigenvalue weighted by molar-refractivity contribution is -0.147. The minimum atomic E-state index is -0.739. The molecule has 2 rings (SSSR count). The van der Waals surface area contributed by atoms with Crippen LogP contribution in [0.25, 0.3) is 0 Å². The molecule has 5 heteroatoms. The maximum Gasteiger partial charge on any atom is 0.321 e. The van der Waals surface area contributed by atoms with Crippen LogP contribution in [0.2, 0.25) is 0 Å². The predicted octanol–water partition coefficient (Wildman–Crippen LogP) is 2.33. The summed E-state index contributed by atoms with van der Waals surface area (Å²) in [4.78, 5) is 24.5. The van der Waals surface area contributed by atoms with Crippen LogP contribution < -0.4 is 5.32 Å². The Bertz CT molecular complexity index is 513. The lowest BCUT2D eigenvalue weighted by Gasteiger charge is -2.37. The highest BCUT2D eigenvalue weighted by molar-refractivity contribution is 5.88. The molecule has 1 saturated heterocycles. The zero-order chi connectivity index (χ0) is 15.4. The zero-order valence-electron chi connectivity index (χ0n) is 12.5. The van der Waals surface area contributed by atoms with E-state index in [0.29, 0.717) is 6.54 Å². The highest BCUT2D eigenvalue weighted by atomic mass is 16.4. The average Bonchev–Trinajstić information content (AvgIpc) is 2.40. The number of rotatable bonds is 4. The van der Waals surface area contributed by atoms with Crippen LogP contribution in [-0.4, -0.2) is 34.5 Å². The van der Waals surface area contributed by atoms with Crippen molar-refractivity contribution >= 4 is 17.6 Å². The van der Waals surface area contributed by atoms with Crippen LogP contribution in [0.5, 0.6) is 0 Å². The van der Waals surface area contributed by atoms with Gasteiger partial charge in [-0.1, -0.05) is 19.1 Å². The number of benzene rings is 1. The summed E-state index contributed by atoms with van der Waals surface area (Å²) in [5, 5.41) is 12.1. The van der Waals surface area contributed by atoms with E-state index in [9.17, 15) is 14.7 Å². The van der Waals surface area contributed by atoms with Gasteiger partial charge in [-0.2, -0.15) is 0 Å². The quantitative estimate of drug-likeness (QED) is 0.893. The van der Waals surface area contributed by atoms with Gasteiger partial charge < -0.3 is 10.4 Å². The number of nitrogens with one attached hydrogen (secondary N) is 1. The summed E-state index contributed by atoms with van der Waals surface area (Å²) in [5.41, 5.74) is 1.82. The summed E-state index contributed by atoms with van der Waals surface area (Å²) < 4.78 is 0. The fraction of sp³-hybridized carbons (Fsp3) is 0.500. The highest BCUT2D eigenvalue weighted by Crippen LogP contribution is 2.25. The smallest absolute Gasteiger partial charge is 0.321 e. The summed E-state index contributed by atoms with van der Waals surface area (Å²) >= 11 is 0. The number of carbonyl (C=O) groups excluding carboxylic acids is 1. The van der Waals surface area contributed by atoms with Gasteiger partial charge in [0.25, 0.3) is 0 Å². The number of nitrogens with zero attached hydrogens (tertiary/aromatic N) is 1. The van der Waals surface area contributed by atoms with Gasteiger partial charge in [-0.05, 0) is 43.0 Å². The maximum atomic E-state index is 11.5. The van der Waals surface area contributed by atoms with E-state index in [1.54, 1.807) is 0 Å². The predicted molar refractivity (Wildman–Crippen MR) is 81.0 cm³/mol. The van der Waals surface area contributed by atoms with Gasteiger partial charge in [0.2, 0.25) is 5.91 Å². The summed E-state index contributed by atoms with van der Waals surface area (Å²) in [6, 6.07) is 7.15. The number of carboxylic acids is 1. The molecule has 2 atom stereocenters. The number of piperidine rings is 1. The molecule has 1 aliphatic rings. The van der Waals surface area contributed by atoms with Crippen molar-refractivity contribution in [3.63, 3.8) is 0 Å². The number of carboxylic acid groups (broad SMARTS) is 1. The SMILES string of the molecule is CC(=O)Nc1ccc(CN2CCCC(C)C2C(=O)O)cc1. The van der Waals surface area contributed by atoms with E-state index in [1.807, 2.05) is 36.1 Å². The molecule has 1 aliphatic heterocycles. The molecule has 114 valence electrons. The summed E-state index contributed by atoms with van der Waals surface area (Å²) in [6.07, 6.45) is 2.00. The van der Waals surface area contributed by atoms with Crippen LogP contribution in [0.15, 0.2) is 24.3 Å². The molecule has 1 aromatic rings. The molecule has 0 aliphatic carbocycles. The number of anilines is 1. The lowest BCUT2D eigenvalue weighted by Crippen LogP contribution is -2.48. The van der Waals surface area contributed by atoms with E-state index in [1.165, 1.54) is 6.92 Å². The molecule has 0 bridgehead atoms. The van der Waals surface area contributed by atoms with E-state index in [2.05, 4.69) is 5.32 Å². The molecule has 21 heavy (non-hydrogen) atoms. The highest BCUT2D eigenvalue weighted by Gasteiger charge is 2.33. The summed E-state index contributed by atoms with van der Waals surface area (Å²) in [5.74, 6) is -0.662. The van der Waals surface area contributed by atoms with Crippen molar-refractivity contribution in [1.82, 2.24) is 4.90 Å². The Morgan fingerprint density at radius 3 is 2.57 bits per heavy atom. The van der Waals surface area contributed by atoms with Crippen molar-refractivity contribution in [2.75, 3.05) is 11.9 Å². The van der Waals surface area contributed by atoms with Crippen molar-refractivity contribution < 1.29 is 14.7 Å². The third-order valence-corrected chi connectivity index (χ3v) is 3.95. The van der Waals surface area contributed by atoms with Gasteiger partial charge in [-0.25, -0.2) is 0 Å². The van der Waals surface area contributed by atoms with E-state index < -0.39 is 12.0 Å². The molecular formula is C16H22N2O3. The molecule has 1 fully saturated rings. The molecule has 1 aromatic carbocycles. The molecular weight excluding hydrogens is 268 g/mol. The van der Waals surface area contributed by atoms with Crippen LogP contribution in [0.3, 0.4) is 0 Å². The Kier molecular flexibility index (Phi) is 4.96. The molecule has 1 amide bonds. The van der Waals surface area contributed by atoms with Crippen molar-refractivity contribution in [2.45, 2.75) is 39.3 Å². The molecule has 0 aromatic heterocycles. The van der Waals surface area contributed by atoms with Crippen molar-refractivity contribution in [2.24, 2.45) is 5.92 Å². The number of likely N-dealkylation sites (tertiary alicyclic amines) is 1. The van der Waals surface area contributed by atoms with Gasteiger partial charge in [-0.3, -0.25) is 14.5 Å². The van der Waals surface area contributed by atoms with Crippen LogP contribution in [0, 0.1) is 5.92 Å². The second-order valence-electron chi connectivity index (χ2n) is 5.75. The minimum absolute atomic E-state index is 0.0986. The monoisotopic (exact) mass is 290 g/mol. The summed E-state index contributed by atoms with van der Waals surface area (Å²) in [7, 11) is 0. The van der Waals surface area contributed by atoms with Crippen molar-refractivity contribution in [3.05, 3.63) is 29.8 Å². The van der Waals surface area contributed by atoms with Crippen LogP contribution >= 0.6 is 0 Å². The first-order valence-electron chi connectivity index (χ1n) is 7.31. The van der Waals surface area contributed by atoms with E-state index in [4.69, 9.17) is 0 Å². The van der Waals surface area contributed by atoms with Gasteiger partial charge >= 0.3 is 5.97 Å². The van der Waals surface area contributed by atoms with Crippen LogP contribution in [0.1, 0.15) is 32.3 Å². The topological polar surface area (TPSA) is 69.6 Å². The Morgan fingerprint density at radius 2 is 2.00 bits per heavy atom. The van der Waals surface area contributed by atoms with Crippen molar-refractivity contribution in [1.29, 1.82) is 0 Å². The van der Waals surface area contributed by atoms with Gasteiger partial charge in [0, 0.05) is 19.2 Å². The Balaban J connectivity index is 2.05. The minimum Gasteiger partial charge on any atom is -0.480 e. The molecule has 2 unspecified atom stereocenters. The van der Waals surface area contributed by atoms with Crippen molar-refractivity contribution in [3.8, 4) is 0 Å². The number of aliphatic carboxylic acids is 1. The third-order valence-electron chi connectivity index (χ3n) is 3.95. The first-order chi connectivity index (χ1) is 9.97. The number of hydrogen-bond acceptors (Lipinski definition) is 3. The van der Waals surface area contributed by atoms with E-state index in [-0.39, 0.29) is 11.8 Å². The number of carbonyl (C=O) groups is 2. The standard InChI is InChI=1S/C16H22N2O3/c1-11-4-3-9-18(15(11)16(20)21)10-13-5-7-14(8-6-13)17-12(2)19/h5-8,11,15H,3-4,9-10H2,1-2H3,(H,17,19)(H,20,21). The second-order valence-corrected chi connectivity index (χ2v) is 5.75. The van der Waals surface area contributed by atoms with E-state index >= 15 is 0 Å². The summed E-state index contributed by atoms with van der Waals surface area (Å²) in [6.45, 7) is 4.92. The zero-order valence-corrected chi connectivity index (χ0v) is 12.5. The third kappa shape index (κ3) is 4.04. The Morgan fingerprint density at radius 1 is 1.33 bits per heavy atom. The fourth-order valence-corrected chi connectivity index (χ4v) is 2.98. The second kappa shape index (κ2) is 6.72. The molecule has 5 nitrogen and oxygen atoms in total. The molecule has 0 saturated carbocycles. The van der Waals surface area contributed by atoms with E-state index in [0.717, 1.165) is 30.6 Å². The lowest BCUT2D eigenvalue weighted by atomic mass is 9.90. The van der Waals surface area contributed by atoms with Crippen LogP contribution in [-0.2, 0) is 16.1 Å². The van der Waals surface area contributed by atoms with Gasteiger partial charge in [-0.15, -0.1) is 0 Å². The molecule has 2 N–H and O–H groups in total. The largest absolute Gasteiger partial charge is 0.480 e. The van der Waals surface area contributed by atoms with Crippen LogP contribution in [0.4, 0.5) is 5.69 Å². The normalized spacial score (nSPS) is 22.8. The Hall–Kier alpha value is -1.88. The van der Waals surface area contributed by atoms with Gasteiger partial charge in [0.1, 0.15) is 6.04 Å². The average molecular weight is 290 g/mol. The first-order valence-corrected chi connectivity index (χ1v) is 7.31. The number of amides is 1.